The number of methoxy groups -OCH3 is 1. The number of alkyl halides is 2. The fourth-order valence-corrected chi connectivity index (χ4v) is 4.21. The zero-order chi connectivity index (χ0) is 24.7. The van der Waals surface area contributed by atoms with E-state index in [0.29, 0.717) is 11.1 Å². The van der Waals surface area contributed by atoms with Crippen LogP contribution in [-0.2, 0) is 23.1 Å². The van der Waals surface area contributed by atoms with Crippen LogP contribution in [0.15, 0.2) is 71.6 Å². The third kappa shape index (κ3) is 6.52. The van der Waals surface area contributed by atoms with Crippen LogP contribution in [-0.4, -0.2) is 28.0 Å². The number of rotatable bonds is 10. The number of aryl methyl sites for hydroxylation is 1. The van der Waals surface area contributed by atoms with Gasteiger partial charge in [-0.2, -0.15) is 8.78 Å². The Balaban J connectivity index is 1.71. The summed E-state index contributed by atoms with van der Waals surface area (Å²) in [4.78, 5) is 12.7. The summed E-state index contributed by atoms with van der Waals surface area (Å²) in [5.41, 5.74) is 2.18. The van der Waals surface area contributed by atoms with Gasteiger partial charge < -0.3 is 14.8 Å². The van der Waals surface area contributed by atoms with E-state index in [1.165, 1.54) is 37.4 Å². The molecule has 180 valence electrons. The Morgan fingerprint density at radius 1 is 0.941 bits per heavy atom. The molecule has 0 aromatic heterocycles. The predicted molar refractivity (Wildman–Crippen MR) is 122 cm³/mol. The van der Waals surface area contributed by atoms with Crippen molar-refractivity contribution in [3.05, 3.63) is 89.0 Å². The quantitative estimate of drug-likeness (QED) is 0.448. The lowest BCUT2D eigenvalue weighted by atomic mass is 10.1. The van der Waals surface area contributed by atoms with Gasteiger partial charge in [0.25, 0.3) is 5.91 Å². The Bertz CT molecular complexity index is 1250. The molecule has 0 saturated heterocycles. The number of sulfonamides is 1. The highest BCUT2D eigenvalue weighted by atomic mass is 32.2. The molecule has 0 heterocycles. The van der Waals surface area contributed by atoms with Crippen LogP contribution in [0.2, 0.25) is 0 Å². The van der Waals surface area contributed by atoms with Gasteiger partial charge in [0.15, 0.2) is 11.5 Å². The minimum absolute atomic E-state index is 0.0330. The molecule has 10 heteroatoms. The fourth-order valence-electron chi connectivity index (χ4n) is 3.16. The number of hydrogen-bond acceptors (Lipinski definition) is 5. The molecule has 1 amide bonds. The van der Waals surface area contributed by atoms with E-state index in [0.717, 1.165) is 5.56 Å². The Labute approximate surface area is 196 Å². The molecule has 0 aliphatic heterocycles. The summed E-state index contributed by atoms with van der Waals surface area (Å²) < 4.78 is 62.4. The average molecular weight is 491 g/mol. The highest BCUT2D eigenvalue weighted by Crippen LogP contribution is 2.29. The molecule has 0 spiro atoms. The molecule has 34 heavy (non-hydrogen) atoms. The first-order valence-electron chi connectivity index (χ1n) is 10.2. The van der Waals surface area contributed by atoms with Gasteiger partial charge in [-0.1, -0.05) is 42.5 Å². The summed E-state index contributed by atoms with van der Waals surface area (Å²) in [6, 6.07) is 17.7. The second-order valence-electron chi connectivity index (χ2n) is 7.33. The van der Waals surface area contributed by atoms with Gasteiger partial charge in [0.05, 0.1) is 12.0 Å². The molecule has 0 aliphatic carbocycles. The number of hydrogen-bond donors (Lipinski definition) is 2. The minimum Gasteiger partial charge on any atom is -0.493 e. The van der Waals surface area contributed by atoms with Crippen molar-refractivity contribution in [3.8, 4) is 11.5 Å². The van der Waals surface area contributed by atoms with Crippen molar-refractivity contribution in [3.63, 3.8) is 0 Å². The van der Waals surface area contributed by atoms with Crippen molar-refractivity contribution in [1.29, 1.82) is 0 Å². The molecule has 2 N–H and O–H groups in total. The van der Waals surface area contributed by atoms with E-state index in [1.807, 2.05) is 18.2 Å². The lowest BCUT2D eigenvalue weighted by Gasteiger charge is -2.13. The Hall–Kier alpha value is -3.50. The van der Waals surface area contributed by atoms with Gasteiger partial charge in [0.1, 0.15) is 0 Å². The largest absolute Gasteiger partial charge is 0.493 e. The van der Waals surface area contributed by atoms with Gasteiger partial charge in [0.2, 0.25) is 10.0 Å². The summed E-state index contributed by atoms with van der Waals surface area (Å²) in [5.74, 6) is -0.505. The molecule has 0 fully saturated rings. The number of ether oxygens (including phenoxy) is 2. The maximum Gasteiger partial charge on any atom is 0.387 e. The number of benzene rings is 3. The Morgan fingerprint density at radius 3 is 2.35 bits per heavy atom. The molecule has 0 bridgehead atoms. The highest BCUT2D eigenvalue weighted by Gasteiger charge is 2.18. The van der Waals surface area contributed by atoms with Crippen LogP contribution in [0.25, 0.3) is 0 Å². The zero-order valence-electron chi connectivity index (χ0n) is 18.5. The van der Waals surface area contributed by atoms with Crippen molar-refractivity contribution in [2.75, 3.05) is 7.11 Å². The molecule has 3 aromatic rings. The van der Waals surface area contributed by atoms with Crippen LogP contribution >= 0.6 is 0 Å². The highest BCUT2D eigenvalue weighted by molar-refractivity contribution is 7.89. The van der Waals surface area contributed by atoms with Crippen LogP contribution < -0.4 is 19.5 Å². The predicted octanol–water partition coefficient (Wildman–Crippen LogP) is 4.01. The van der Waals surface area contributed by atoms with Crippen LogP contribution in [0, 0.1) is 6.92 Å². The average Bonchev–Trinajstić information content (AvgIpc) is 2.82. The summed E-state index contributed by atoms with van der Waals surface area (Å²) in [6.07, 6.45) is 0. The molecular formula is C24H24F2N2O5S. The van der Waals surface area contributed by atoms with Crippen molar-refractivity contribution in [2.45, 2.75) is 31.5 Å². The monoisotopic (exact) mass is 490 g/mol. The second-order valence-corrected chi connectivity index (χ2v) is 9.10. The van der Waals surface area contributed by atoms with Crippen LogP contribution in [0.5, 0.6) is 11.5 Å². The third-order valence-electron chi connectivity index (χ3n) is 4.97. The molecule has 0 aliphatic rings. The van der Waals surface area contributed by atoms with Crippen molar-refractivity contribution >= 4 is 15.9 Å². The topological polar surface area (TPSA) is 93.7 Å². The first-order valence-corrected chi connectivity index (χ1v) is 11.7. The third-order valence-corrected chi connectivity index (χ3v) is 6.37. The second kappa shape index (κ2) is 11.1. The maximum absolute atomic E-state index is 12.8. The molecular weight excluding hydrogens is 466 g/mol. The first kappa shape index (κ1) is 25.1. The van der Waals surface area contributed by atoms with Gasteiger partial charge in [-0.25, -0.2) is 13.1 Å². The number of amides is 1. The molecule has 0 radical (unpaired) electrons. The minimum atomic E-state index is -3.84. The van der Waals surface area contributed by atoms with E-state index in [1.54, 1.807) is 25.1 Å². The van der Waals surface area contributed by atoms with Crippen LogP contribution in [0.3, 0.4) is 0 Å². The van der Waals surface area contributed by atoms with E-state index in [2.05, 4.69) is 14.8 Å². The van der Waals surface area contributed by atoms with Crippen molar-refractivity contribution < 1.29 is 31.5 Å². The SMILES string of the molecule is COc1cc(CNC(=O)c2cc(S(=O)(=O)NCc3ccccc3)ccc2C)ccc1OC(F)F. The Kier molecular flexibility index (Phi) is 8.19. The molecule has 3 aromatic carbocycles. The molecule has 3 rings (SSSR count). The van der Waals surface area contributed by atoms with Crippen molar-refractivity contribution in [2.24, 2.45) is 0 Å². The van der Waals surface area contributed by atoms with Gasteiger partial charge in [-0.3, -0.25) is 4.79 Å². The summed E-state index contributed by atoms with van der Waals surface area (Å²) in [5, 5.41) is 2.71. The smallest absolute Gasteiger partial charge is 0.387 e. The number of carbonyl (C=O) groups excluding carboxylic acids is 1. The van der Waals surface area contributed by atoms with Crippen molar-refractivity contribution in [1.82, 2.24) is 10.0 Å². The van der Waals surface area contributed by atoms with E-state index < -0.39 is 22.5 Å². The van der Waals surface area contributed by atoms with E-state index >= 15 is 0 Å². The standard InChI is InChI=1S/C24H24F2N2O5S/c1-16-8-10-19(34(30,31)28-15-17-6-4-3-5-7-17)13-20(16)23(29)27-14-18-9-11-21(33-24(25)26)22(12-18)32-2/h3-13,24,28H,14-15H2,1-2H3,(H,27,29). The fraction of sp³-hybridized carbons (Fsp3) is 0.208. The first-order chi connectivity index (χ1) is 16.2. The molecule has 0 atom stereocenters. The van der Waals surface area contributed by atoms with Gasteiger partial charge >= 0.3 is 6.61 Å². The summed E-state index contributed by atoms with van der Waals surface area (Å²) >= 11 is 0. The normalized spacial score (nSPS) is 11.3. The van der Waals surface area contributed by atoms with E-state index in [-0.39, 0.29) is 35.0 Å². The van der Waals surface area contributed by atoms with Gasteiger partial charge in [0, 0.05) is 18.7 Å². The number of carbonyl (C=O) groups is 1. The molecule has 0 saturated carbocycles. The number of nitrogens with one attached hydrogen (secondary N) is 2. The molecule has 0 unspecified atom stereocenters. The van der Waals surface area contributed by atoms with Crippen LogP contribution in [0.1, 0.15) is 27.0 Å². The van der Waals surface area contributed by atoms with Gasteiger partial charge in [-0.15, -0.1) is 0 Å². The van der Waals surface area contributed by atoms with E-state index in [9.17, 15) is 22.0 Å². The summed E-state index contributed by atoms with van der Waals surface area (Å²) in [7, 11) is -2.53. The lowest BCUT2D eigenvalue weighted by molar-refractivity contribution is -0.0512. The Morgan fingerprint density at radius 2 is 1.68 bits per heavy atom. The maximum atomic E-state index is 12.8. The number of halogens is 2. The molecule has 7 nitrogen and oxygen atoms in total. The van der Waals surface area contributed by atoms with E-state index in [4.69, 9.17) is 4.74 Å². The van der Waals surface area contributed by atoms with Gasteiger partial charge in [-0.05, 0) is 47.9 Å². The lowest BCUT2D eigenvalue weighted by Crippen LogP contribution is -2.26. The summed E-state index contributed by atoms with van der Waals surface area (Å²) in [6.45, 7) is -1.12. The van der Waals surface area contributed by atoms with Crippen LogP contribution in [0.4, 0.5) is 8.78 Å². The zero-order valence-corrected chi connectivity index (χ0v) is 19.4.